The van der Waals surface area contributed by atoms with Crippen LogP contribution in [0.5, 0.6) is 5.75 Å². The molecule has 1 saturated heterocycles. The van der Waals surface area contributed by atoms with Gasteiger partial charge in [-0.25, -0.2) is 8.42 Å². The molecule has 5 nitrogen and oxygen atoms in total. The average molecular weight is 346 g/mol. The predicted octanol–water partition coefficient (Wildman–Crippen LogP) is 3.23. The average Bonchev–Trinajstić information content (AvgIpc) is 3.08. The van der Waals surface area contributed by atoms with E-state index in [9.17, 15) is 8.42 Å². The molecule has 1 unspecified atom stereocenters. The van der Waals surface area contributed by atoms with Crippen molar-refractivity contribution >= 4 is 10.0 Å². The van der Waals surface area contributed by atoms with Crippen LogP contribution in [0.2, 0.25) is 0 Å². The van der Waals surface area contributed by atoms with Crippen molar-refractivity contribution in [2.45, 2.75) is 37.6 Å². The lowest BCUT2D eigenvalue weighted by Gasteiger charge is -2.25. The van der Waals surface area contributed by atoms with Crippen LogP contribution < -0.4 is 4.74 Å². The second-order valence-electron chi connectivity index (χ2n) is 6.15. The van der Waals surface area contributed by atoms with E-state index in [1.54, 1.807) is 28.8 Å². The van der Waals surface area contributed by atoms with Gasteiger partial charge in [0.1, 0.15) is 10.6 Å². The summed E-state index contributed by atoms with van der Waals surface area (Å²) in [6, 6.07) is 7.10. The molecule has 0 N–H and O–H groups in total. The molecule has 0 spiro atoms. The maximum absolute atomic E-state index is 13.3. The Balaban J connectivity index is 2.06. The summed E-state index contributed by atoms with van der Waals surface area (Å²) in [5.41, 5.74) is 2.88. The Bertz CT molecular complexity index is 835. The topological polar surface area (TPSA) is 59.5 Å². The molecule has 0 bridgehead atoms. The second kappa shape index (κ2) is 6.53. The van der Waals surface area contributed by atoms with Gasteiger partial charge in [-0.05, 0) is 61.6 Å². The lowest BCUT2D eigenvalue weighted by Crippen LogP contribution is -2.31. The van der Waals surface area contributed by atoms with Crippen molar-refractivity contribution in [2.75, 3.05) is 13.7 Å². The Morgan fingerprint density at radius 2 is 2.00 bits per heavy atom. The van der Waals surface area contributed by atoms with Gasteiger partial charge in [-0.15, -0.1) is 0 Å². The van der Waals surface area contributed by atoms with Gasteiger partial charge in [-0.1, -0.05) is 6.07 Å². The molecule has 0 saturated carbocycles. The molecular formula is C18H22N2O3S. The molecule has 1 aliphatic rings. The number of sulfonamides is 1. The summed E-state index contributed by atoms with van der Waals surface area (Å²) >= 11 is 0. The maximum atomic E-state index is 13.3. The highest BCUT2D eigenvalue weighted by atomic mass is 32.2. The summed E-state index contributed by atoms with van der Waals surface area (Å²) in [5.74, 6) is 0.398. The maximum Gasteiger partial charge on any atom is 0.247 e. The van der Waals surface area contributed by atoms with Crippen LogP contribution in [0.1, 0.15) is 35.6 Å². The number of pyridine rings is 1. The molecule has 128 valence electrons. The molecule has 3 rings (SSSR count). The molecule has 2 heterocycles. The smallest absolute Gasteiger partial charge is 0.247 e. The van der Waals surface area contributed by atoms with Crippen molar-refractivity contribution < 1.29 is 13.2 Å². The first-order valence-corrected chi connectivity index (χ1v) is 9.46. The van der Waals surface area contributed by atoms with Crippen LogP contribution in [-0.4, -0.2) is 31.4 Å². The van der Waals surface area contributed by atoms with Gasteiger partial charge in [-0.3, -0.25) is 4.98 Å². The highest BCUT2D eigenvalue weighted by Gasteiger charge is 2.37. The fourth-order valence-corrected chi connectivity index (χ4v) is 5.09. The summed E-state index contributed by atoms with van der Waals surface area (Å²) < 4.78 is 33.5. The third kappa shape index (κ3) is 2.91. The van der Waals surface area contributed by atoms with Gasteiger partial charge in [-0.2, -0.15) is 4.31 Å². The molecule has 24 heavy (non-hydrogen) atoms. The van der Waals surface area contributed by atoms with Crippen LogP contribution >= 0.6 is 0 Å². The summed E-state index contributed by atoms with van der Waals surface area (Å²) in [4.78, 5) is 4.37. The van der Waals surface area contributed by atoms with Gasteiger partial charge in [0.2, 0.25) is 10.0 Å². The van der Waals surface area contributed by atoms with E-state index in [4.69, 9.17) is 4.74 Å². The van der Waals surface area contributed by atoms with Gasteiger partial charge in [0.25, 0.3) is 0 Å². The quantitative estimate of drug-likeness (QED) is 0.853. The monoisotopic (exact) mass is 346 g/mol. The molecule has 0 amide bonds. The molecule has 6 heteroatoms. The minimum absolute atomic E-state index is 0.171. The number of ether oxygens (including phenoxy) is 1. The summed E-state index contributed by atoms with van der Waals surface area (Å²) in [7, 11) is -2.13. The molecule has 1 aromatic carbocycles. The summed E-state index contributed by atoms with van der Waals surface area (Å²) in [6.45, 7) is 4.37. The minimum atomic E-state index is -3.64. The molecule has 1 aromatic heterocycles. The summed E-state index contributed by atoms with van der Waals surface area (Å²) in [5, 5.41) is 0. The molecule has 0 radical (unpaired) electrons. The van der Waals surface area contributed by atoms with E-state index in [0.29, 0.717) is 12.3 Å². The van der Waals surface area contributed by atoms with Gasteiger partial charge < -0.3 is 4.74 Å². The number of methoxy groups -OCH3 is 1. The number of nitrogens with zero attached hydrogens (tertiary/aromatic N) is 2. The molecule has 0 aliphatic carbocycles. The number of rotatable bonds is 4. The van der Waals surface area contributed by atoms with Crippen molar-refractivity contribution in [1.29, 1.82) is 0 Å². The zero-order valence-electron chi connectivity index (χ0n) is 14.2. The lowest BCUT2D eigenvalue weighted by molar-refractivity contribution is 0.380. The third-order valence-electron chi connectivity index (χ3n) is 4.64. The van der Waals surface area contributed by atoms with E-state index in [-0.39, 0.29) is 10.9 Å². The fraction of sp³-hybridized carbons (Fsp3) is 0.389. The fourth-order valence-electron chi connectivity index (χ4n) is 3.18. The van der Waals surface area contributed by atoms with Crippen molar-refractivity contribution in [3.8, 4) is 5.75 Å². The Labute approximate surface area is 143 Å². The first-order valence-electron chi connectivity index (χ1n) is 8.02. The van der Waals surface area contributed by atoms with Crippen LogP contribution in [0, 0.1) is 13.8 Å². The van der Waals surface area contributed by atoms with Crippen molar-refractivity contribution in [3.63, 3.8) is 0 Å². The first kappa shape index (κ1) is 16.9. The largest absolute Gasteiger partial charge is 0.495 e. The van der Waals surface area contributed by atoms with Crippen molar-refractivity contribution in [3.05, 3.63) is 53.3 Å². The van der Waals surface area contributed by atoms with Gasteiger partial charge in [0, 0.05) is 18.9 Å². The lowest BCUT2D eigenvalue weighted by atomic mass is 10.1. The normalized spacial score (nSPS) is 18.7. The molecule has 1 fully saturated rings. The molecular weight excluding hydrogens is 324 g/mol. The van der Waals surface area contributed by atoms with E-state index in [0.717, 1.165) is 29.5 Å². The van der Waals surface area contributed by atoms with Crippen molar-refractivity contribution in [1.82, 2.24) is 9.29 Å². The summed E-state index contributed by atoms with van der Waals surface area (Å²) in [6.07, 6.45) is 5.09. The number of aryl methyl sites for hydroxylation is 2. The van der Waals surface area contributed by atoms with E-state index in [2.05, 4.69) is 4.98 Å². The highest BCUT2D eigenvalue weighted by molar-refractivity contribution is 7.89. The predicted molar refractivity (Wildman–Crippen MR) is 92.6 cm³/mol. The zero-order valence-corrected chi connectivity index (χ0v) is 15.0. The molecule has 1 atom stereocenters. The molecule has 2 aromatic rings. The van der Waals surface area contributed by atoms with Crippen LogP contribution in [-0.2, 0) is 10.0 Å². The zero-order chi connectivity index (χ0) is 17.3. The highest BCUT2D eigenvalue weighted by Crippen LogP contribution is 2.39. The van der Waals surface area contributed by atoms with Crippen LogP contribution in [0.25, 0.3) is 0 Å². The van der Waals surface area contributed by atoms with Gasteiger partial charge in [0.05, 0.1) is 13.2 Å². The first-order chi connectivity index (χ1) is 11.4. The van der Waals surface area contributed by atoms with E-state index in [1.807, 2.05) is 26.0 Å². The van der Waals surface area contributed by atoms with E-state index >= 15 is 0 Å². The Morgan fingerprint density at radius 1 is 1.25 bits per heavy atom. The van der Waals surface area contributed by atoms with Gasteiger partial charge >= 0.3 is 0 Å². The molecule has 1 aliphatic heterocycles. The third-order valence-corrected chi connectivity index (χ3v) is 6.57. The number of hydrogen-bond donors (Lipinski definition) is 0. The minimum Gasteiger partial charge on any atom is -0.495 e. The number of aromatic nitrogens is 1. The van der Waals surface area contributed by atoms with Gasteiger partial charge in [0.15, 0.2) is 0 Å². The van der Waals surface area contributed by atoms with Crippen LogP contribution in [0.4, 0.5) is 0 Å². The van der Waals surface area contributed by atoms with Crippen molar-refractivity contribution in [2.24, 2.45) is 0 Å². The van der Waals surface area contributed by atoms with E-state index in [1.165, 1.54) is 7.11 Å². The number of hydrogen-bond acceptors (Lipinski definition) is 4. The SMILES string of the molecule is COc1cc(C)c(C)cc1S(=O)(=O)N1CCCC1c1cccnc1. The number of benzene rings is 1. The van der Waals surface area contributed by atoms with Crippen LogP contribution in [0.3, 0.4) is 0 Å². The van der Waals surface area contributed by atoms with E-state index < -0.39 is 10.0 Å². The Hall–Kier alpha value is -1.92. The second-order valence-corrected chi connectivity index (χ2v) is 8.01. The Kier molecular flexibility index (Phi) is 4.60. The Morgan fingerprint density at radius 3 is 2.67 bits per heavy atom. The van der Waals surface area contributed by atoms with Crippen LogP contribution in [0.15, 0.2) is 41.6 Å². The standard InChI is InChI=1S/C18H22N2O3S/c1-13-10-17(23-3)18(11-14(13)2)24(21,22)20-9-5-7-16(20)15-6-4-8-19-12-15/h4,6,8,10-12,16H,5,7,9H2,1-3H3.